The van der Waals surface area contributed by atoms with Gasteiger partial charge in [-0.05, 0) is 35.7 Å². The molecule has 4 heteroatoms. The lowest BCUT2D eigenvalue weighted by Crippen LogP contribution is -1.82. The summed E-state index contributed by atoms with van der Waals surface area (Å²) >= 11 is 3.40. The Morgan fingerprint density at radius 2 is 1.89 bits per heavy atom. The number of ether oxygens (including phenoxy) is 1. The van der Waals surface area contributed by atoms with E-state index in [1.165, 1.54) is 4.88 Å². The van der Waals surface area contributed by atoms with E-state index in [9.17, 15) is 0 Å². The average molecular weight is 273 g/mol. The van der Waals surface area contributed by atoms with Gasteiger partial charge in [0.15, 0.2) is 0 Å². The van der Waals surface area contributed by atoms with Gasteiger partial charge in [-0.25, -0.2) is 4.98 Å². The molecule has 0 fully saturated rings. The molecular formula is C14H11NOS2. The van der Waals surface area contributed by atoms with Gasteiger partial charge < -0.3 is 4.74 Å². The third-order valence-corrected chi connectivity index (χ3v) is 4.50. The van der Waals surface area contributed by atoms with Gasteiger partial charge in [0.1, 0.15) is 10.8 Å². The number of benzene rings is 1. The quantitative estimate of drug-likeness (QED) is 0.698. The standard InChI is InChI=1S/C14H11NOS2/c1-16-11-6-4-10(5-7-11)12-9-18-14(15-12)13-3-2-8-17-13/h2-9H,1H3. The van der Waals surface area contributed by atoms with E-state index in [2.05, 4.69) is 27.9 Å². The number of thiazole rings is 1. The number of nitrogens with zero attached hydrogens (tertiary/aromatic N) is 1. The summed E-state index contributed by atoms with van der Waals surface area (Å²) in [7, 11) is 1.67. The highest BCUT2D eigenvalue weighted by molar-refractivity contribution is 7.20. The summed E-state index contributed by atoms with van der Waals surface area (Å²) in [6.07, 6.45) is 0. The van der Waals surface area contributed by atoms with E-state index in [0.29, 0.717) is 0 Å². The molecule has 18 heavy (non-hydrogen) atoms. The topological polar surface area (TPSA) is 22.1 Å². The molecule has 2 aromatic heterocycles. The van der Waals surface area contributed by atoms with Gasteiger partial charge in [0, 0.05) is 10.9 Å². The lowest BCUT2D eigenvalue weighted by molar-refractivity contribution is 0.415. The highest BCUT2D eigenvalue weighted by Gasteiger charge is 2.07. The fourth-order valence-electron chi connectivity index (χ4n) is 1.68. The second-order valence-corrected chi connectivity index (χ2v) is 5.55. The van der Waals surface area contributed by atoms with Crippen molar-refractivity contribution in [2.45, 2.75) is 0 Å². The number of hydrogen-bond donors (Lipinski definition) is 0. The Kier molecular flexibility index (Phi) is 3.13. The monoisotopic (exact) mass is 273 g/mol. The lowest BCUT2D eigenvalue weighted by atomic mass is 10.2. The van der Waals surface area contributed by atoms with E-state index < -0.39 is 0 Å². The maximum Gasteiger partial charge on any atom is 0.134 e. The van der Waals surface area contributed by atoms with Gasteiger partial charge >= 0.3 is 0 Å². The Labute approximate surface area is 114 Å². The molecule has 2 nitrogen and oxygen atoms in total. The van der Waals surface area contributed by atoms with Gasteiger partial charge in [-0.1, -0.05) is 6.07 Å². The van der Waals surface area contributed by atoms with Crippen LogP contribution in [0.15, 0.2) is 47.2 Å². The molecule has 3 aromatic rings. The summed E-state index contributed by atoms with van der Waals surface area (Å²) < 4.78 is 5.15. The minimum atomic E-state index is 0.868. The largest absolute Gasteiger partial charge is 0.497 e. The summed E-state index contributed by atoms with van der Waals surface area (Å²) in [6.45, 7) is 0. The van der Waals surface area contributed by atoms with Gasteiger partial charge in [0.2, 0.25) is 0 Å². The van der Waals surface area contributed by atoms with Crippen LogP contribution in [0.5, 0.6) is 5.75 Å². The number of hydrogen-bond acceptors (Lipinski definition) is 4. The smallest absolute Gasteiger partial charge is 0.134 e. The van der Waals surface area contributed by atoms with Crippen LogP contribution in [0.2, 0.25) is 0 Å². The van der Waals surface area contributed by atoms with Crippen molar-refractivity contribution in [2.24, 2.45) is 0 Å². The second-order valence-electron chi connectivity index (χ2n) is 3.74. The molecule has 0 aliphatic rings. The van der Waals surface area contributed by atoms with Crippen molar-refractivity contribution >= 4 is 22.7 Å². The molecule has 2 heterocycles. The van der Waals surface area contributed by atoms with Crippen LogP contribution in [0.1, 0.15) is 0 Å². The zero-order valence-electron chi connectivity index (χ0n) is 9.79. The van der Waals surface area contributed by atoms with Gasteiger partial charge in [-0.15, -0.1) is 22.7 Å². The normalized spacial score (nSPS) is 10.5. The van der Waals surface area contributed by atoms with Crippen molar-refractivity contribution in [3.8, 4) is 26.9 Å². The lowest BCUT2D eigenvalue weighted by Gasteiger charge is -2.00. The summed E-state index contributed by atoms with van der Waals surface area (Å²) in [5.74, 6) is 0.868. The van der Waals surface area contributed by atoms with Gasteiger partial charge in [0.25, 0.3) is 0 Å². The van der Waals surface area contributed by atoms with Crippen LogP contribution in [0.25, 0.3) is 21.1 Å². The Morgan fingerprint density at radius 3 is 2.56 bits per heavy atom. The van der Waals surface area contributed by atoms with Crippen LogP contribution < -0.4 is 4.74 Å². The van der Waals surface area contributed by atoms with Crippen LogP contribution >= 0.6 is 22.7 Å². The molecule has 1 aromatic carbocycles. The summed E-state index contributed by atoms with van der Waals surface area (Å²) in [6, 6.07) is 12.1. The van der Waals surface area contributed by atoms with E-state index in [-0.39, 0.29) is 0 Å². The van der Waals surface area contributed by atoms with Crippen molar-refractivity contribution < 1.29 is 4.74 Å². The van der Waals surface area contributed by atoms with Crippen molar-refractivity contribution in [3.05, 3.63) is 47.2 Å². The Bertz CT molecular complexity index is 626. The molecule has 0 aliphatic heterocycles. The van der Waals surface area contributed by atoms with E-state index in [0.717, 1.165) is 22.0 Å². The Balaban J connectivity index is 1.92. The molecule has 0 N–H and O–H groups in total. The SMILES string of the molecule is COc1ccc(-c2csc(-c3cccs3)n2)cc1. The Hall–Kier alpha value is -1.65. The zero-order valence-corrected chi connectivity index (χ0v) is 11.4. The molecular weight excluding hydrogens is 262 g/mol. The third-order valence-electron chi connectivity index (χ3n) is 2.62. The van der Waals surface area contributed by atoms with E-state index in [1.54, 1.807) is 29.8 Å². The van der Waals surface area contributed by atoms with Crippen molar-refractivity contribution in [2.75, 3.05) is 7.11 Å². The maximum atomic E-state index is 5.15. The second kappa shape index (κ2) is 4.92. The van der Waals surface area contributed by atoms with Gasteiger partial charge in [-0.3, -0.25) is 0 Å². The van der Waals surface area contributed by atoms with E-state index in [4.69, 9.17) is 4.74 Å². The van der Waals surface area contributed by atoms with Crippen molar-refractivity contribution in [3.63, 3.8) is 0 Å². The zero-order chi connectivity index (χ0) is 12.4. The number of methoxy groups -OCH3 is 1. The number of rotatable bonds is 3. The molecule has 3 rings (SSSR count). The highest BCUT2D eigenvalue weighted by atomic mass is 32.1. The first-order valence-electron chi connectivity index (χ1n) is 5.50. The molecule has 0 amide bonds. The van der Waals surface area contributed by atoms with Crippen LogP contribution in [-0.4, -0.2) is 12.1 Å². The fraction of sp³-hybridized carbons (Fsp3) is 0.0714. The molecule has 0 aliphatic carbocycles. The maximum absolute atomic E-state index is 5.15. The molecule has 0 unspecified atom stereocenters. The van der Waals surface area contributed by atoms with Crippen molar-refractivity contribution in [1.29, 1.82) is 0 Å². The molecule has 0 atom stereocenters. The van der Waals surface area contributed by atoms with E-state index >= 15 is 0 Å². The minimum Gasteiger partial charge on any atom is -0.497 e. The average Bonchev–Trinajstić information content (AvgIpc) is 3.09. The fourth-order valence-corrected chi connectivity index (χ4v) is 3.32. The van der Waals surface area contributed by atoms with Crippen molar-refractivity contribution in [1.82, 2.24) is 4.98 Å². The third kappa shape index (κ3) is 2.17. The van der Waals surface area contributed by atoms with Gasteiger partial charge in [-0.2, -0.15) is 0 Å². The number of thiophene rings is 1. The Morgan fingerprint density at radius 1 is 1.06 bits per heavy atom. The summed E-state index contributed by atoms with van der Waals surface area (Å²) in [5.41, 5.74) is 2.14. The summed E-state index contributed by atoms with van der Waals surface area (Å²) in [4.78, 5) is 5.89. The number of aromatic nitrogens is 1. The first kappa shape index (κ1) is 11.4. The van der Waals surface area contributed by atoms with Crippen LogP contribution in [0, 0.1) is 0 Å². The summed E-state index contributed by atoms with van der Waals surface area (Å²) in [5, 5.41) is 5.25. The molecule has 0 radical (unpaired) electrons. The van der Waals surface area contributed by atoms with Gasteiger partial charge in [0.05, 0.1) is 17.7 Å². The van der Waals surface area contributed by atoms with E-state index in [1.807, 2.05) is 24.3 Å². The molecule has 0 saturated carbocycles. The first-order valence-corrected chi connectivity index (χ1v) is 7.26. The van der Waals surface area contributed by atoms with Crippen LogP contribution in [-0.2, 0) is 0 Å². The molecule has 0 bridgehead atoms. The molecule has 90 valence electrons. The first-order chi connectivity index (χ1) is 8.86. The predicted molar refractivity (Wildman–Crippen MR) is 77.4 cm³/mol. The highest BCUT2D eigenvalue weighted by Crippen LogP contribution is 2.31. The van der Waals surface area contributed by atoms with Crippen LogP contribution in [0.4, 0.5) is 0 Å². The minimum absolute atomic E-state index is 0.868. The van der Waals surface area contributed by atoms with Crippen LogP contribution in [0.3, 0.4) is 0 Å². The molecule has 0 spiro atoms. The predicted octanol–water partition coefficient (Wildman–Crippen LogP) is 4.55. The molecule has 0 saturated heterocycles.